The molecule has 1 aliphatic carbocycles. The first kappa shape index (κ1) is 27.2. The molecular weight excluding hydrogens is 509 g/mol. The summed E-state index contributed by atoms with van der Waals surface area (Å²) in [5.41, 5.74) is 1.36. The van der Waals surface area contributed by atoms with Crippen LogP contribution in [0.3, 0.4) is 0 Å². The summed E-state index contributed by atoms with van der Waals surface area (Å²) in [5.74, 6) is -3.09. The number of ketones is 2. The van der Waals surface area contributed by atoms with Crippen LogP contribution in [-0.2, 0) is 10.8 Å². The third-order valence-electron chi connectivity index (χ3n) is 7.20. The molecule has 1 atom stereocenters. The molecular formula is C33H30FNO5. The summed E-state index contributed by atoms with van der Waals surface area (Å²) in [7, 11) is 0. The number of para-hydroxylation sites is 1. The van der Waals surface area contributed by atoms with E-state index >= 15 is 0 Å². The zero-order chi connectivity index (χ0) is 29.1. The van der Waals surface area contributed by atoms with Gasteiger partial charge in [-0.25, -0.2) is 14.2 Å². The van der Waals surface area contributed by atoms with Crippen LogP contribution in [0, 0.1) is 5.82 Å². The molecule has 40 heavy (non-hydrogen) atoms. The highest BCUT2D eigenvalue weighted by molar-refractivity contribution is 6.29. The first-order valence-corrected chi connectivity index (χ1v) is 13.0. The van der Waals surface area contributed by atoms with Gasteiger partial charge in [0.05, 0.1) is 11.3 Å². The van der Waals surface area contributed by atoms with Crippen LogP contribution in [0.4, 0.5) is 4.39 Å². The number of ether oxygens (including phenoxy) is 1. The maximum Gasteiger partial charge on any atom is 0.343 e. The van der Waals surface area contributed by atoms with Gasteiger partial charge in [-0.3, -0.25) is 9.59 Å². The summed E-state index contributed by atoms with van der Waals surface area (Å²) in [4.78, 5) is 44.2. The first-order chi connectivity index (χ1) is 18.7. The van der Waals surface area contributed by atoms with Gasteiger partial charge in [-0.2, -0.15) is 0 Å². The van der Waals surface area contributed by atoms with Crippen molar-refractivity contribution in [1.29, 1.82) is 0 Å². The lowest BCUT2D eigenvalue weighted by atomic mass is 9.78. The van der Waals surface area contributed by atoms with Crippen LogP contribution >= 0.6 is 0 Å². The second-order valence-electron chi connectivity index (χ2n) is 12.2. The molecule has 0 spiro atoms. The summed E-state index contributed by atoms with van der Waals surface area (Å²) >= 11 is 0. The van der Waals surface area contributed by atoms with E-state index in [0.717, 1.165) is 12.1 Å². The van der Waals surface area contributed by atoms with Crippen LogP contribution < -0.4 is 4.74 Å². The number of fused-ring (bicyclic) bond motifs is 2. The predicted molar refractivity (Wildman–Crippen MR) is 150 cm³/mol. The van der Waals surface area contributed by atoms with E-state index in [-0.39, 0.29) is 33.9 Å². The van der Waals surface area contributed by atoms with Crippen molar-refractivity contribution in [2.75, 3.05) is 0 Å². The number of pyridine rings is 1. The molecule has 1 aromatic heterocycles. The fraction of sp³-hybridized carbons (Fsp3) is 0.273. The lowest BCUT2D eigenvalue weighted by Crippen LogP contribution is -2.20. The monoisotopic (exact) mass is 539 g/mol. The number of esters is 1. The fourth-order valence-corrected chi connectivity index (χ4v) is 5.07. The molecule has 1 N–H and O–H groups in total. The second-order valence-corrected chi connectivity index (χ2v) is 12.2. The minimum absolute atomic E-state index is 0.0354. The van der Waals surface area contributed by atoms with E-state index in [2.05, 4.69) is 4.98 Å². The highest BCUT2D eigenvalue weighted by Crippen LogP contribution is 2.40. The van der Waals surface area contributed by atoms with Gasteiger partial charge >= 0.3 is 5.97 Å². The molecule has 0 aliphatic heterocycles. The molecule has 0 radical (unpaired) electrons. The molecule has 0 saturated carbocycles. The number of hydrogen-bond acceptors (Lipinski definition) is 6. The Morgan fingerprint density at radius 2 is 1.48 bits per heavy atom. The SMILES string of the molecule is CC(C)(C)c1cc(C(=O)Oc2cccc3ccc(C4C(=O)c5ccc(F)cc5C4=O)nc23)cc(C(C)(C)C)c1O. The number of nitrogens with zero attached hydrogens (tertiary/aromatic N) is 1. The van der Waals surface area contributed by atoms with Crippen molar-refractivity contribution in [2.45, 2.75) is 58.3 Å². The van der Waals surface area contributed by atoms with Gasteiger partial charge in [-0.1, -0.05) is 59.7 Å². The molecule has 3 aromatic carbocycles. The van der Waals surface area contributed by atoms with E-state index < -0.39 is 40.1 Å². The molecule has 7 heteroatoms. The number of rotatable bonds is 3. The van der Waals surface area contributed by atoms with Crippen molar-refractivity contribution in [2.24, 2.45) is 0 Å². The molecule has 0 saturated heterocycles. The number of aromatic hydroxyl groups is 1. The quantitative estimate of drug-likeness (QED) is 0.170. The van der Waals surface area contributed by atoms with Crippen molar-refractivity contribution in [3.63, 3.8) is 0 Å². The van der Waals surface area contributed by atoms with Crippen LogP contribution in [-0.4, -0.2) is 27.6 Å². The zero-order valence-electron chi connectivity index (χ0n) is 23.3. The molecule has 0 amide bonds. The maximum atomic E-state index is 13.8. The number of benzene rings is 3. The van der Waals surface area contributed by atoms with Crippen molar-refractivity contribution in [3.05, 3.63) is 100.0 Å². The van der Waals surface area contributed by atoms with E-state index in [1.165, 1.54) is 6.07 Å². The van der Waals surface area contributed by atoms with Gasteiger partial charge < -0.3 is 9.84 Å². The van der Waals surface area contributed by atoms with E-state index in [0.29, 0.717) is 22.0 Å². The van der Waals surface area contributed by atoms with Gasteiger partial charge in [0.25, 0.3) is 0 Å². The molecule has 4 aromatic rings. The molecule has 0 fully saturated rings. The number of Topliss-reactive ketones (excluding diaryl/α,β-unsaturated/α-hetero) is 2. The van der Waals surface area contributed by atoms with E-state index in [1.54, 1.807) is 42.5 Å². The maximum absolute atomic E-state index is 13.8. The van der Waals surface area contributed by atoms with Gasteiger partial charge in [-0.05, 0) is 53.3 Å². The lowest BCUT2D eigenvalue weighted by molar-refractivity contribution is 0.0735. The standard InChI is InChI=1S/C33H30FNO5/c1-32(2,3)22-14-18(15-23(30(22)38)33(4,5)6)31(39)40-25-9-7-8-17-10-13-24(35-27(17)25)26-28(36)20-12-11-19(34)16-21(20)29(26)37/h7-16,26,38H,1-6H3. The fourth-order valence-electron chi connectivity index (χ4n) is 5.07. The first-order valence-electron chi connectivity index (χ1n) is 13.0. The summed E-state index contributed by atoms with van der Waals surface area (Å²) < 4.78 is 19.6. The Labute approximate surface area is 231 Å². The number of phenolic OH excluding ortho intramolecular Hbond substituents is 1. The molecule has 0 bridgehead atoms. The predicted octanol–water partition coefficient (Wildman–Crippen LogP) is 7.06. The van der Waals surface area contributed by atoms with Crippen molar-refractivity contribution >= 4 is 28.4 Å². The Morgan fingerprint density at radius 1 is 0.850 bits per heavy atom. The summed E-state index contributed by atoms with van der Waals surface area (Å²) in [6.45, 7) is 11.7. The number of carbonyl (C=O) groups is 3. The Hall–Kier alpha value is -4.39. The van der Waals surface area contributed by atoms with Crippen LogP contribution in [0.15, 0.2) is 60.7 Å². The number of halogens is 1. The largest absolute Gasteiger partial charge is 0.507 e. The van der Waals surface area contributed by atoms with Gasteiger partial charge in [0.15, 0.2) is 17.3 Å². The number of carbonyl (C=O) groups excluding carboxylic acids is 3. The van der Waals surface area contributed by atoms with Crippen LogP contribution in [0.2, 0.25) is 0 Å². The number of phenols is 1. The van der Waals surface area contributed by atoms with Crippen molar-refractivity contribution in [3.8, 4) is 11.5 Å². The smallest absolute Gasteiger partial charge is 0.343 e. The van der Waals surface area contributed by atoms with Crippen LogP contribution in [0.5, 0.6) is 11.5 Å². The molecule has 1 heterocycles. The normalized spacial score (nSPS) is 15.4. The van der Waals surface area contributed by atoms with Gasteiger partial charge in [-0.15, -0.1) is 0 Å². The third kappa shape index (κ3) is 4.66. The van der Waals surface area contributed by atoms with Crippen LogP contribution in [0.1, 0.15) is 95.4 Å². The average molecular weight is 540 g/mol. The summed E-state index contributed by atoms with van der Waals surface area (Å²) in [5, 5.41) is 11.7. The third-order valence-corrected chi connectivity index (χ3v) is 7.20. The molecule has 1 aliphatic rings. The van der Waals surface area contributed by atoms with Gasteiger partial charge in [0.1, 0.15) is 23.0 Å². The molecule has 5 rings (SSSR count). The highest BCUT2D eigenvalue weighted by Gasteiger charge is 2.41. The molecule has 204 valence electrons. The van der Waals surface area contributed by atoms with E-state index in [9.17, 15) is 23.9 Å². The van der Waals surface area contributed by atoms with Crippen molar-refractivity contribution in [1.82, 2.24) is 4.98 Å². The minimum Gasteiger partial charge on any atom is -0.507 e. The molecule has 6 nitrogen and oxygen atoms in total. The Morgan fingerprint density at radius 3 is 2.10 bits per heavy atom. The Bertz CT molecular complexity index is 1690. The number of hydrogen-bond donors (Lipinski definition) is 1. The van der Waals surface area contributed by atoms with Crippen molar-refractivity contribution < 1.29 is 28.6 Å². The second kappa shape index (κ2) is 9.37. The van der Waals surface area contributed by atoms with E-state index in [4.69, 9.17) is 4.74 Å². The van der Waals surface area contributed by atoms with Gasteiger partial charge in [0, 0.05) is 27.6 Å². The topological polar surface area (TPSA) is 93.6 Å². The number of aromatic nitrogens is 1. The Balaban J connectivity index is 1.55. The molecule has 1 unspecified atom stereocenters. The lowest BCUT2D eigenvalue weighted by Gasteiger charge is -2.28. The summed E-state index contributed by atoms with van der Waals surface area (Å²) in [6.07, 6.45) is 0. The zero-order valence-corrected chi connectivity index (χ0v) is 23.3. The average Bonchev–Trinajstić information content (AvgIpc) is 3.11. The van der Waals surface area contributed by atoms with E-state index in [1.807, 2.05) is 41.5 Å². The van der Waals surface area contributed by atoms with Gasteiger partial charge in [0.2, 0.25) is 0 Å². The highest BCUT2D eigenvalue weighted by atomic mass is 19.1. The minimum atomic E-state index is -1.20. The van der Waals surface area contributed by atoms with Crippen LogP contribution in [0.25, 0.3) is 10.9 Å². The summed E-state index contributed by atoms with van der Waals surface area (Å²) in [6, 6.07) is 15.2. The Kier molecular flexibility index (Phi) is 6.37.